The number of likely N-dealkylation sites (N-methyl/N-ethyl adjacent to an activating group) is 1. The normalized spacial score (nSPS) is 17.9. The Hall–Kier alpha value is -4.21. The van der Waals surface area contributed by atoms with E-state index in [0.717, 1.165) is 108 Å². The van der Waals surface area contributed by atoms with Gasteiger partial charge in [-0.05, 0) is 136 Å². The zero-order valence-electron chi connectivity index (χ0n) is 69.3. The predicted molar refractivity (Wildman–Crippen MR) is 449 cm³/mol. The van der Waals surface area contributed by atoms with E-state index in [1.165, 1.54) is 26.5 Å². The van der Waals surface area contributed by atoms with Crippen molar-refractivity contribution in [3.8, 4) is 0 Å². The van der Waals surface area contributed by atoms with E-state index < -0.39 is 7.29 Å². The number of hydrogen-bond donors (Lipinski definition) is 7. The molecule has 0 bridgehead atoms. The highest BCUT2D eigenvalue weighted by atomic mass is 32.2. The number of hydrogen-bond acceptors (Lipinski definition) is 20. The lowest BCUT2D eigenvalue weighted by molar-refractivity contribution is -0.145. The summed E-state index contributed by atoms with van der Waals surface area (Å²) in [6.45, 7) is 45.8. The Morgan fingerprint density at radius 3 is 1.50 bits per heavy atom. The third kappa shape index (κ3) is 47.0. The molecular weight excluding hydrogens is 1450 g/mol. The molecule has 616 valence electrons. The Labute approximate surface area is 663 Å². The summed E-state index contributed by atoms with van der Waals surface area (Å²) >= 11 is 6.45. The maximum atomic E-state index is 13.3. The number of ether oxygens (including phenoxy) is 1. The third-order valence-corrected chi connectivity index (χ3v) is 24.7. The van der Waals surface area contributed by atoms with Gasteiger partial charge in [0.15, 0.2) is 0 Å². The molecule has 107 heavy (non-hydrogen) atoms. The number of nitrogens with one attached hydrogen (secondary N) is 7. The SMILES string of the molecule is CC(C)CCCN1C(=O)CC(SC(C)C)C1=O.CC(C)CCNP(=O)(CCCN1CC(SC(C)C)CC1=O)CCC(C)C.CC(C)NCCCC(=O)OCc1ccc(NC(C)C)cc1.CC(C)NCCNC(=O)CCCCCN1C(=O)CC(SC(C)C)C1=O.CNCCNC(=O)CCN1C(=O)CC(SC)C1=O. The monoisotopic (exact) mass is 1600 g/mol. The summed E-state index contributed by atoms with van der Waals surface area (Å²) in [7, 11) is -0.535. The number of likely N-dealkylation sites (tertiary alicyclic amines) is 4. The molecule has 0 aromatic heterocycles. The van der Waals surface area contributed by atoms with Crippen LogP contribution in [0.4, 0.5) is 5.69 Å². The van der Waals surface area contributed by atoms with Crippen LogP contribution in [0.5, 0.6) is 0 Å². The number of benzene rings is 1. The van der Waals surface area contributed by atoms with Gasteiger partial charge in [0.1, 0.15) is 13.9 Å². The summed E-state index contributed by atoms with van der Waals surface area (Å²) in [6.07, 6.45) is 14.2. The van der Waals surface area contributed by atoms with Gasteiger partial charge in [0.05, 0.1) is 15.7 Å². The molecule has 1 aromatic carbocycles. The van der Waals surface area contributed by atoms with Crippen LogP contribution in [-0.2, 0) is 63.9 Å². The zero-order valence-corrected chi connectivity index (χ0v) is 73.5. The Kier molecular flexibility index (Phi) is 53.6. The van der Waals surface area contributed by atoms with Gasteiger partial charge in [0, 0.05) is 152 Å². The number of amides is 9. The molecule has 9 amide bonds. The van der Waals surface area contributed by atoms with Crippen molar-refractivity contribution in [2.24, 2.45) is 17.8 Å². The lowest BCUT2D eigenvalue weighted by atomic mass is 10.1. The second-order valence-electron chi connectivity index (χ2n) is 31.0. The molecule has 4 aliphatic heterocycles. The number of imide groups is 3. The van der Waals surface area contributed by atoms with E-state index in [-0.39, 0.29) is 94.3 Å². The van der Waals surface area contributed by atoms with E-state index in [1.54, 1.807) is 30.6 Å². The maximum absolute atomic E-state index is 13.3. The van der Waals surface area contributed by atoms with E-state index in [0.29, 0.717) is 134 Å². The first kappa shape index (κ1) is 101. The predicted octanol–water partition coefficient (Wildman–Crippen LogP) is 12.2. The summed E-state index contributed by atoms with van der Waals surface area (Å²) < 4.78 is 18.6. The van der Waals surface area contributed by atoms with Gasteiger partial charge in [-0.3, -0.25) is 67.7 Å². The maximum Gasteiger partial charge on any atom is 0.306 e. The number of anilines is 1. The third-order valence-electron chi connectivity index (χ3n) is 17.2. The topological polar surface area (TPSA) is 294 Å². The molecule has 28 heteroatoms. The van der Waals surface area contributed by atoms with Gasteiger partial charge in [-0.1, -0.05) is 129 Å². The van der Waals surface area contributed by atoms with Crippen LogP contribution in [0, 0.1) is 17.8 Å². The first-order chi connectivity index (χ1) is 50.4. The van der Waals surface area contributed by atoms with E-state index in [2.05, 4.69) is 148 Å². The second-order valence-corrected chi connectivity index (χ2v) is 40.5. The van der Waals surface area contributed by atoms with Gasteiger partial charge in [0.2, 0.25) is 53.2 Å². The van der Waals surface area contributed by atoms with Crippen molar-refractivity contribution < 1.29 is 57.2 Å². The van der Waals surface area contributed by atoms with Crippen molar-refractivity contribution in [1.82, 2.24) is 51.3 Å². The Balaban J connectivity index is 0.000000675. The van der Waals surface area contributed by atoms with E-state index in [1.807, 2.05) is 61.0 Å². The van der Waals surface area contributed by atoms with E-state index in [4.69, 9.17) is 4.74 Å². The van der Waals surface area contributed by atoms with Gasteiger partial charge in [-0.2, -0.15) is 23.5 Å². The number of carbonyl (C=O) groups is 10. The number of carbonyl (C=O) groups excluding carboxylic acids is 10. The van der Waals surface area contributed by atoms with Crippen molar-refractivity contribution in [2.45, 2.75) is 289 Å². The summed E-state index contributed by atoms with van der Waals surface area (Å²) in [5.41, 5.74) is 2.10. The summed E-state index contributed by atoms with van der Waals surface area (Å²) in [5, 5.41) is 22.9. The molecule has 1 aromatic rings. The molecule has 4 fully saturated rings. The number of rotatable bonds is 47. The van der Waals surface area contributed by atoms with Crippen molar-refractivity contribution >= 4 is 119 Å². The molecule has 5 atom stereocenters. The molecule has 23 nitrogen and oxygen atoms in total. The summed E-state index contributed by atoms with van der Waals surface area (Å²) in [4.78, 5) is 124. The van der Waals surface area contributed by atoms with Crippen molar-refractivity contribution in [3.63, 3.8) is 0 Å². The second kappa shape index (κ2) is 56.9. The fourth-order valence-corrected chi connectivity index (χ4v) is 18.4. The van der Waals surface area contributed by atoms with Crippen molar-refractivity contribution in [1.29, 1.82) is 0 Å². The van der Waals surface area contributed by atoms with E-state index in [9.17, 15) is 52.5 Å². The standard InChI is InChI=1S/C20H41N2O2PS.C18H33N3O3S.C17H28N2O2.C13H23NO2S.C11H19N3O3S/c1-16(2)8-10-21-25(24,13-9-17(3)4)12-7-11-22-15-19(14-20(22)23)26-18(5)6;1-13(2)19-9-10-20-16(22)8-6-5-7-11-21-17(23)12-15(18(21)24)25-14(3)4;1-13(2)18-11-5-6-17(20)21-12-15-7-9-16(10-8-15)19-14(3)4;1-9(2)6-5-7-14-12(15)8-11(13(14)16)17-10(3)4;1-12-4-5-13-9(15)3-6-14-10(16)7-8(18-2)11(14)17/h16-19H,7-15H2,1-6H3,(H,21,24);13-15,19H,5-12H2,1-4H3,(H,20,22);7-10,13-14,18-19H,5-6,11-12H2,1-4H3;9-11H,5-8H2,1-4H3;8,12H,3-7H2,1-2H3,(H,13,15). The molecular formula is C79H144N11O12PS4. The van der Waals surface area contributed by atoms with Gasteiger partial charge in [0.25, 0.3) is 0 Å². The highest BCUT2D eigenvalue weighted by molar-refractivity contribution is 8.01. The molecule has 0 saturated carbocycles. The van der Waals surface area contributed by atoms with Gasteiger partial charge in [-0.15, -0.1) is 23.5 Å². The molecule has 4 saturated heterocycles. The minimum Gasteiger partial charge on any atom is -0.461 e. The van der Waals surface area contributed by atoms with Crippen LogP contribution in [0.1, 0.15) is 233 Å². The summed E-state index contributed by atoms with van der Waals surface area (Å²) in [6, 6.07) is 9.28. The first-order valence-electron chi connectivity index (χ1n) is 39.7. The molecule has 7 N–H and O–H groups in total. The van der Waals surface area contributed by atoms with Crippen molar-refractivity contribution in [3.05, 3.63) is 29.8 Å². The van der Waals surface area contributed by atoms with Crippen LogP contribution in [0.15, 0.2) is 24.3 Å². The highest BCUT2D eigenvalue weighted by Crippen LogP contribution is 2.43. The number of thioether (sulfide) groups is 4. The molecule has 5 rings (SSSR count). The molecule has 0 aliphatic carbocycles. The average Bonchev–Trinajstić information content (AvgIpc) is 1.71. The fourth-order valence-electron chi connectivity index (χ4n) is 11.5. The number of unbranched alkanes of at least 4 members (excludes halogenated alkanes) is 2. The molecule has 4 heterocycles. The average molecular weight is 1600 g/mol. The van der Waals surface area contributed by atoms with Crippen LogP contribution in [0.3, 0.4) is 0 Å². The Morgan fingerprint density at radius 2 is 0.991 bits per heavy atom. The molecule has 0 spiro atoms. The Bertz CT molecular complexity index is 2820. The van der Waals surface area contributed by atoms with Gasteiger partial charge < -0.3 is 46.1 Å². The summed E-state index contributed by atoms with van der Waals surface area (Å²) in [5.74, 6) is 1.47. The molecule has 0 radical (unpaired) electrons. The minimum absolute atomic E-state index is 0.0110. The van der Waals surface area contributed by atoms with Crippen LogP contribution < -0.4 is 37.0 Å². The van der Waals surface area contributed by atoms with Crippen LogP contribution in [0.2, 0.25) is 0 Å². The Morgan fingerprint density at radius 1 is 0.486 bits per heavy atom. The lowest BCUT2D eigenvalue weighted by Gasteiger charge is -2.23. The first-order valence-corrected chi connectivity index (χ1v) is 45.9. The van der Waals surface area contributed by atoms with Gasteiger partial charge in [-0.25, -0.2) is 0 Å². The van der Waals surface area contributed by atoms with Crippen LogP contribution in [-0.4, -0.2) is 231 Å². The minimum atomic E-state index is -2.34. The smallest absolute Gasteiger partial charge is 0.306 e. The van der Waals surface area contributed by atoms with E-state index >= 15 is 0 Å². The quantitative estimate of drug-likeness (QED) is 0.0138. The molecule has 5 unspecified atom stereocenters. The van der Waals surface area contributed by atoms with Crippen molar-refractivity contribution in [2.75, 3.05) is 103 Å². The van der Waals surface area contributed by atoms with Crippen LogP contribution in [0.25, 0.3) is 0 Å². The number of esters is 1. The van der Waals surface area contributed by atoms with Gasteiger partial charge >= 0.3 is 5.97 Å². The highest BCUT2D eigenvalue weighted by Gasteiger charge is 2.41. The lowest BCUT2D eigenvalue weighted by Crippen LogP contribution is -2.36. The largest absolute Gasteiger partial charge is 0.461 e. The van der Waals surface area contributed by atoms with Crippen LogP contribution >= 0.6 is 54.3 Å². The number of nitrogens with zero attached hydrogens (tertiary/aromatic N) is 4. The molecule has 4 aliphatic rings. The zero-order chi connectivity index (χ0) is 80.8. The fraction of sp³-hybridized carbons (Fsp3) is 0.797.